The lowest BCUT2D eigenvalue weighted by atomic mass is 9.94. The molecule has 4 rings (SSSR count). The summed E-state index contributed by atoms with van der Waals surface area (Å²) in [7, 11) is 0.135. The van der Waals surface area contributed by atoms with Gasteiger partial charge in [0.1, 0.15) is 5.75 Å². The van der Waals surface area contributed by atoms with Gasteiger partial charge in [-0.1, -0.05) is 29.3 Å². The largest absolute Gasteiger partial charge is 0.495 e. The fraction of sp³-hybridized carbons (Fsp3) is 0.333. The molecule has 2 aromatic carbocycles. The average Bonchev–Trinajstić information content (AvgIpc) is 3.09. The molecule has 0 saturated heterocycles. The van der Waals surface area contributed by atoms with Crippen LogP contribution in [0.25, 0.3) is 11.3 Å². The Morgan fingerprint density at radius 1 is 1.24 bits per heavy atom. The Balaban J connectivity index is 1.71. The number of methoxy groups -OCH3 is 1. The molecular formula is C24H25Cl2N3O4S. The zero-order valence-electron chi connectivity index (χ0n) is 19.3. The van der Waals surface area contributed by atoms with Crippen LogP contribution in [0, 0.1) is 0 Å². The number of halogens is 2. The number of carbonyl (C=O) groups excluding carboxylic acids is 1. The molecule has 0 unspecified atom stereocenters. The van der Waals surface area contributed by atoms with Crippen LogP contribution in [0.1, 0.15) is 40.1 Å². The predicted octanol–water partition coefficient (Wildman–Crippen LogP) is 4.71. The van der Waals surface area contributed by atoms with Crippen LogP contribution in [0.4, 0.5) is 0 Å². The quantitative estimate of drug-likeness (QED) is 0.485. The maximum Gasteiger partial charge on any atom is 0.256 e. The molecule has 1 aliphatic rings. The fourth-order valence-electron chi connectivity index (χ4n) is 4.54. The summed E-state index contributed by atoms with van der Waals surface area (Å²) in [5.74, 6) is 0.164. The minimum absolute atomic E-state index is 0.0966. The van der Waals surface area contributed by atoms with Gasteiger partial charge >= 0.3 is 0 Å². The van der Waals surface area contributed by atoms with E-state index in [1.54, 1.807) is 33.8 Å². The Hall–Kier alpha value is -2.55. The number of aromatic nitrogens is 2. The molecule has 180 valence electrons. The van der Waals surface area contributed by atoms with E-state index in [0.29, 0.717) is 34.9 Å². The SMILES string of the molecule is COc1cccc(C(=O)N2CCc3c(nn(C)c3-c3cc(Cl)cc(CS(C)(=O)=O)c3)[C@@H]2C)c1Cl. The van der Waals surface area contributed by atoms with Gasteiger partial charge in [-0.3, -0.25) is 9.48 Å². The van der Waals surface area contributed by atoms with Crippen molar-refractivity contribution < 1.29 is 17.9 Å². The molecule has 0 saturated carbocycles. The highest BCUT2D eigenvalue weighted by atomic mass is 35.5. The van der Waals surface area contributed by atoms with Gasteiger partial charge < -0.3 is 9.64 Å². The smallest absolute Gasteiger partial charge is 0.256 e. The van der Waals surface area contributed by atoms with Gasteiger partial charge in [-0.2, -0.15) is 5.10 Å². The molecule has 0 spiro atoms. The zero-order valence-corrected chi connectivity index (χ0v) is 21.6. The topological polar surface area (TPSA) is 81.5 Å². The predicted molar refractivity (Wildman–Crippen MR) is 133 cm³/mol. The number of rotatable bonds is 5. The molecule has 10 heteroatoms. The van der Waals surface area contributed by atoms with Crippen LogP contribution in [0.2, 0.25) is 10.0 Å². The molecule has 3 aromatic rings. The summed E-state index contributed by atoms with van der Waals surface area (Å²) in [5, 5.41) is 5.47. The molecule has 0 bridgehead atoms. The fourth-order valence-corrected chi connectivity index (χ4v) is 5.86. The number of hydrogen-bond acceptors (Lipinski definition) is 5. The average molecular weight is 522 g/mol. The van der Waals surface area contributed by atoms with Crippen LogP contribution in [0.5, 0.6) is 5.75 Å². The van der Waals surface area contributed by atoms with E-state index in [2.05, 4.69) is 0 Å². The van der Waals surface area contributed by atoms with Crippen molar-refractivity contribution in [1.29, 1.82) is 0 Å². The van der Waals surface area contributed by atoms with Crippen LogP contribution in [-0.4, -0.2) is 48.9 Å². The number of fused-ring (bicyclic) bond motifs is 1. The molecule has 0 aliphatic carbocycles. The summed E-state index contributed by atoms with van der Waals surface area (Å²) >= 11 is 12.7. The van der Waals surface area contributed by atoms with Gasteiger partial charge in [-0.15, -0.1) is 0 Å². The minimum atomic E-state index is -3.21. The maximum absolute atomic E-state index is 13.4. The van der Waals surface area contributed by atoms with Crippen LogP contribution >= 0.6 is 23.2 Å². The number of nitrogens with zero attached hydrogens (tertiary/aromatic N) is 3. The summed E-state index contributed by atoms with van der Waals surface area (Å²) in [4.78, 5) is 15.1. The Labute approximate surface area is 209 Å². The third-order valence-corrected chi connectivity index (χ3v) is 7.44. The van der Waals surface area contributed by atoms with Gasteiger partial charge in [0.2, 0.25) is 0 Å². The van der Waals surface area contributed by atoms with E-state index in [0.717, 1.165) is 22.5 Å². The van der Waals surface area contributed by atoms with Crippen LogP contribution in [0.15, 0.2) is 36.4 Å². The zero-order chi connectivity index (χ0) is 24.8. The molecule has 0 radical (unpaired) electrons. The number of carbonyl (C=O) groups is 1. The van der Waals surface area contributed by atoms with E-state index >= 15 is 0 Å². The van der Waals surface area contributed by atoms with Crippen molar-refractivity contribution in [3.8, 4) is 17.0 Å². The van der Waals surface area contributed by atoms with Crippen molar-refractivity contribution in [1.82, 2.24) is 14.7 Å². The summed E-state index contributed by atoms with van der Waals surface area (Å²) in [6, 6.07) is 10.2. The van der Waals surface area contributed by atoms with Crippen molar-refractivity contribution in [2.24, 2.45) is 7.05 Å². The maximum atomic E-state index is 13.4. The van der Waals surface area contributed by atoms with E-state index in [9.17, 15) is 13.2 Å². The van der Waals surface area contributed by atoms with Crippen molar-refractivity contribution in [2.75, 3.05) is 19.9 Å². The molecule has 0 N–H and O–H groups in total. The lowest BCUT2D eigenvalue weighted by molar-refractivity contribution is 0.0673. The summed E-state index contributed by atoms with van der Waals surface area (Å²) < 4.78 is 30.7. The van der Waals surface area contributed by atoms with Crippen molar-refractivity contribution >= 4 is 38.9 Å². The standard InChI is InChI=1S/C24H25Cl2N3O4S/c1-14-22-19(8-9-29(14)24(30)18-6-5-7-20(33-3)21(18)26)23(28(2)27-22)16-10-15(11-17(25)12-16)13-34(4,31)32/h5-7,10-12,14H,8-9,13H2,1-4H3/t14-/m0/s1. The summed E-state index contributed by atoms with van der Waals surface area (Å²) in [5.41, 5.74) is 4.47. The highest BCUT2D eigenvalue weighted by Gasteiger charge is 2.34. The molecule has 1 aliphatic heterocycles. The first-order chi connectivity index (χ1) is 16.0. The molecule has 34 heavy (non-hydrogen) atoms. The summed E-state index contributed by atoms with van der Waals surface area (Å²) in [6.07, 6.45) is 1.78. The second-order valence-electron chi connectivity index (χ2n) is 8.50. The molecule has 1 atom stereocenters. The first kappa shape index (κ1) is 24.6. The van der Waals surface area contributed by atoms with Crippen LogP contribution in [-0.2, 0) is 29.1 Å². The van der Waals surface area contributed by atoms with E-state index in [-0.39, 0.29) is 22.7 Å². The number of hydrogen-bond donors (Lipinski definition) is 0. The first-order valence-corrected chi connectivity index (χ1v) is 13.5. The highest BCUT2D eigenvalue weighted by Crippen LogP contribution is 2.38. The van der Waals surface area contributed by atoms with Crippen LogP contribution in [0.3, 0.4) is 0 Å². The molecular weight excluding hydrogens is 497 g/mol. The molecule has 2 heterocycles. The molecule has 0 fully saturated rings. The second kappa shape index (κ2) is 9.24. The third-order valence-electron chi connectivity index (χ3n) is 5.98. The number of aryl methyl sites for hydroxylation is 1. The Bertz CT molecular complexity index is 1390. The van der Waals surface area contributed by atoms with Crippen molar-refractivity contribution in [3.63, 3.8) is 0 Å². The van der Waals surface area contributed by atoms with E-state index in [4.69, 9.17) is 33.0 Å². The number of sulfone groups is 1. The lowest BCUT2D eigenvalue weighted by Gasteiger charge is -2.33. The first-order valence-electron chi connectivity index (χ1n) is 10.7. The third kappa shape index (κ3) is 4.67. The Morgan fingerprint density at radius 3 is 2.65 bits per heavy atom. The Kier molecular flexibility index (Phi) is 6.68. The van der Waals surface area contributed by atoms with Crippen molar-refractivity contribution in [3.05, 3.63) is 68.8 Å². The van der Waals surface area contributed by atoms with Gasteiger partial charge in [0.15, 0.2) is 9.84 Å². The summed E-state index contributed by atoms with van der Waals surface area (Å²) in [6.45, 7) is 2.42. The number of benzene rings is 2. The van der Waals surface area contributed by atoms with Crippen LogP contribution < -0.4 is 4.74 Å². The highest BCUT2D eigenvalue weighted by molar-refractivity contribution is 7.89. The minimum Gasteiger partial charge on any atom is -0.495 e. The van der Waals surface area contributed by atoms with Gasteiger partial charge in [-0.25, -0.2) is 8.42 Å². The number of amides is 1. The normalized spacial score (nSPS) is 15.8. The van der Waals surface area contributed by atoms with E-state index < -0.39 is 9.84 Å². The number of ether oxygens (including phenoxy) is 1. The molecule has 1 aromatic heterocycles. The Morgan fingerprint density at radius 2 is 1.97 bits per heavy atom. The van der Waals surface area contributed by atoms with E-state index in [1.807, 2.05) is 26.1 Å². The molecule has 1 amide bonds. The van der Waals surface area contributed by atoms with Gasteiger partial charge in [0, 0.05) is 36.0 Å². The molecule has 7 nitrogen and oxygen atoms in total. The van der Waals surface area contributed by atoms with Gasteiger partial charge in [0.05, 0.1) is 40.9 Å². The second-order valence-corrected chi connectivity index (χ2v) is 11.5. The van der Waals surface area contributed by atoms with Gasteiger partial charge in [-0.05, 0) is 49.2 Å². The van der Waals surface area contributed by atoms with E-state index in [1.165, 1.54) is 13.4 Å². The van der Waals surface area contributed by atoms with Crippen molar-refractivity contribution in [2.45, 2.75) is 25.1 Å². The van der Waals surface area contributed by atoms with Gasteiger partial charge in [0.25, 0.3) is 5.91 Å². The lowest BCUT2D eigenvalue weighted by Crippen LogP contribution is -2.39. The monoisotopic (exact) mass is 521 g/mol.